The molecule has 4 nitrogen and oxygen atoms in total. The first-order valence-corrected chi connectivity index (χ1v) is 10.8. The Hall–Kier alpha value is -2.79. The molecular weight excluding hydrogens is 380 g/mol. The highest BCUT2D eigenvalue weighted by Crippen LogP contribution is 2.33. The number of nitrogens with zero attached hydrogens (tertiary/aromatic N) is 2. The van der Waals surface area contributed by atoms with Crippen molar-refractivity contribution in [2.24, 2.45) is 0 Å². The van der Waals surface area contributed by atoms with Crippen LogP contribution in [0.5, 0.6) is 0 Å². The van der Waals surface area contributed by atoms with Crippen molar-refractivity contribution in [3.8, 4) is 0 Å². The van der Waals surface area contributed by atoms with Crippen LogP contribution in [0.15, 0.2) is 88.9 Å². The molecule has 0 aliphatic carbocycles. The summed E-state index contributed by atoms with van der Waals surface area (Å²) in [5.74, 6) is 0. The number of hydrogen-bond acceptors (Lipinski definition) is 4. The van der Waals surface area contributed by atoms with E-state index in [1.54, 1.807) is 11.8 Å². The van der Waals surface area contributed by atoms with E-state index in [1.165, 1.54) is 0 Å². The fourth-order valence-corrected chi connectivity index (χ4v) is 4.33. The van der Waals surface area contributed by atoms with Gasteiger partial charge in [0.05, 0.1) is 6.04 Å². The van der Waals surface area contributed by atoms with E-state index in [1.807, 2.05) is 65.7 Å². The van der Waals surface area contributed by atoms with Gasteiger partial charge in [0, 0.05) is 17.6 Å². The lowest BCUT2D eigenvalue weighted by molar-refractivity contribution is 0.0678. The molecule has 1 saturated heterocycles. The number of ether oxygens (including phenoxy) is 1. The van der Waals surface area contributed by atoms with Crippen molar-refractivity contribution in [3.63, 3.8) is 0 Å². The lowest BCUT2D eigenvalue weighted by atomic mass is 9.97. The van der Waals surface area contributed by atoms with Crippen LogP contribution in [-0.4, -0.2) is 22.5 Å². The van der Waals surface area contributed by atoms with Crippen LogP contribution in [0.3, 0.4) is 0 Å². The molecule has 3 aromatic rings. The number of piperidine rings is 1. The molecule has 2 heterocycles. The van der Waals surface area contributed by atoms with E-state index < -0.39 is 0 Å². The molecule has 4 rings (SSSR count). The summed E-state index contributed by atoms with van der Waals surface area (Å²) in [5.41, 5.74) is 2.07. The zero-order valence-corrected chi connectivity index (χ0v) is 17.1. The van der Waals surface area contributed by atoms with Crippen LogP contribution in [0.25, 0.3) is 0 Å². The zero-order chi connectivity index (χ0) is 19.9. The van der Waals surface area contributed by atoms with Gasteiger partial charge in [-0.25, -0.2) is 9.78 Å². The zero-order valence-electron chi connectivity index (χ0n) is 16.2. The standard InChI is InChI=1S/C24H24N2O2S/c27-24(28-18-19-9-3-1-4-10-19)26-16-8-7-13-22(26)20-14-15-23(25-17-20)29-21-11-5-2-6-12-21/h1-6,9-12,14-15,17,22H,7-8,13,16,18H2. The minimum Gasteiger partial charge on any atom is -0.445 e. The summed E-state index contributed by atoms with van der Waals surface area (Å²) in [6.07, 6.45) is 4.70. The van der Waals surface area contributed by atoms with Crippen LogP contribution in [0.1, 0.15) is 36.4 Å². The highest BCUT2D eigenvalue weighted by molar-refractivity contribution is 7.99. The third-order valence-electron chi connectivity index (χ3n) is 5.05. The number of carbonyl (C=O) groups excluding carboxylic acids is 1. The smallest absolute Gasteiger partial charge is 0.410 e. The minimum atomic E-state index is -0.249. The summed E-state index contributed by atoms with van der Waals surface area (Å²) in [6, 6.07) is 24.2. The summed E-state index contributed by atoms with van der Waals surface area (Å²) in [4.78, 5) is 20.4. The van der Waals surface area contributed by atoms with Crippen LogP contribution in [0, 0.1) is 0 Å². The molecular formula is C24H24N2O2S. The molecule has 1 unspecified atom stereocenters. The lowest BCUT2D eigenvalue weighted by Gasteiger charge is -2.35. The van der Waals surface area contributed by atoms with Gasteiger partial charge >= 0.3 is 6.09 Å². The molecule has 0 saturated carbocycles. The van der Waals surface area contributed by atoms with Crippen molar-refractivity contribution in [1.82, 2.24) is 9.88 Å². The lowest BCUT2D eigenvalue weighted by Crippen LogP contribution is -2.38. The Bertz CT molecular complexity index is 917. The van der Waals surface area contributed by atoms with E-state index in [4.69, 9.17) is 4.74 Å². The Morgan fingerprint density at radius 3 is 2.48 bits per heavy atom. The van der Waals surface area contributed by atoms with Crippen molar-refractivity contribution >= 4 is 17.9 Å². The van der Waals surface area contributed by atoms with Gasteiger partial charge in [0.25, 0.3) is 0 Å². The van der Waals surface area contributed by atoms with Gasteiger partial charge in [0.15, 0.2) is 0 Å². The maximum absolute atomic E-state index is 12.7. The van der Waals surface area contributed by atoms with Crippen molar-refractivity contribution < 1.29 is 9.53 Å². The first-order chi connectivity index (χ1) is 14.3. The molecule has 1 fully saturated rings. The summed E-state index contributed by atoms with van der Waals surface area (Å²) in [6.45, 7) is 1.02. The predicted molar refractivity (Wildman–Crippen MR) is 115 cm³/mol. The van der Waals surface area contributed by atoms with E-state index in [9.17, 15) is 4.79 Å². The van der Waals surface area contributed by atoms with E-state index >= 15 is 0 Å². The first-order valence-electron chi connectivity index (χ1n) is 9.96. The molecule has 5 heteroatoms. The highest BCUT2D eigenvalue weighted by Gasteiger charge is 2.29. The van der Waals surface area contributed by atoms with Crippen molar-refractivity contribution in [3.05, 3.63) is 90.1 Å². The molecule has 0 spiro atoms. The van der Waals surface area contributed by atoms with Crippen LogP contribution in [0.4, 0.5) is 4.79 Å². The van der Waals surface area contributed by atoms with Crippen LogP contribution in [-0.2, 0) is 11.3 Å². The fraction of sp³-hybridized carbons (Fsp3) is 0.250. The molecule has 29 heavy (non-hydrogen) atoms. The van der Waals surface area contributed by atoms with Gasteiger partial charge in [-0.1, -0.05) is 66.4 Å². The summed E-state index contributed by atoms with van der Waals surface area (Å²) < 4.78 is 5.58. The van der Waals surface area contributed by atoms with Gasteiger partial charge in [-0.05, 0) is 48.6 Å². The van der Waals surface area contributed by atoms with Crippen LogP contribution in [0.2, 0.25) is 0 Å². The van der Waals surface area contributed by atoms with E-state index in [0.717, 1.165) is 46.9 Å². The molecule has 0 radical (unpaired) electrons. The second-order valence-corrected chi connectivity index (χ2v) is 8.18. The van der Waals surface area contributed by atoms with Gasteiger partial charge in [-0.15, -0.1) is 0 Å². The molecule has 1 aliphatic rings. The van der Waals surface area contributed by atoms with Gasteiger partial charge in [0.1, 0.15) is 11.6 Å². The Balaban J connectivity index is 1.42. The molecule has 1 aromatic heterocycles. The summed E-state index contributed by atoms with van der Waals surface area (Å²) in [5, 5.41) is 0.953. The first kappa shape index (κ1) is 19.5. The van der Waals surface area contributed by atoms with Gasteiger partial charge < -0.3 is 9.64 Å². The maximum atomic E-state index is 12.7. The monoisotopic (exact) mass is 404 g/mol. The number of aromatic nitrogens is 1. The van der Waals surface area contributed by atoms with Gasteiger partial charge in [-0.3, -0.25) is 0 Å². The molecule has 0 bridgehead atoms. The molecule has 1 amide bonds. The highest BCUT2D eigenvalue weighted by atomic mass is 32.2. The topological polar surface area (TPSA) is 42.4 Å². The number of pyridine rings is 1. The average molecular weight is 405 g/mol. The second kappa shape index (κ2) is 9.61. The van der Waals surface area contributed by atoms with Crippen molar-refractivity contribution in [2.45, 2.75) is 41.8 Å². The predicted octanol–water partition coefficient (Wildman–Crippen LogP) is 6.10. The molecule has 0 N–H and O–H groups in total. The minimum absolute atomic E-state index is 0.0234. The summed E-state index contributed by atoms with van der Waals surface area (Å²) in [7, 11) is 0. The molecule has 1 aliphatic heterocycles. The van der Waals surface area contributed by atoms with Crippen LogP contribution < -0.4 is 0 Å². The third-order valence-corrected chi connectivity index (χ3v) is 6.01. The largest absolute Gasteiger partial charge is 0.445 e. The Morgan fingerprint density at radius 2 is 1.76 bits per heavy atom. The fourth-order valence-electron chi connectivity index (χ4n) is 3.56. The second-order valence-electron chi connectivity index (χ2n) is 7.09. The number of rotatable bonds is 5. The average Bonchev–Trinajstić information content (AvgIpc) is 2.79. The normalized spacial score (nSPS) is 16.4. The Labute approximate surface area is 175 Å². The molecule has 1 atom stereocenters. The number of likely N-dealkylation sites (tertiary alicyclic amines) is 1. The Morgan fingerprint density at radius 1 is 1.00 bits per heavy atom. The molecule has 148 valence electrons. The number of benzene rings is 2. The maximum Gasteiger partial charge on any atom is 0.410 e. The Kier molecular flexibility index (Phi) is 6.47. The van der Waals surface area contributed by atoms with Gasteiger partial charge in [0.2, 0.25) is 0 Å². The summed E-state index contributed by atoms with van der Waals surface area (Å²) >= 11 is 1.64. The SMILES string of the molecule is O=C(OCc1ccccc1)N1CCCCC1c1ccc(Sc2ccccc2)nc1. The third kappa shape index (κ3) is 5.18. The van der Waals surface area contributed by atoms with Crippen molar-refractivity contribution in [2.75, 3.05) is 6.54 Å². The van der Waals surface area contributed by atoms with E-state index in [2.05, 4.69) is 23.2 Å². The molecule has 2 aromatic carbocycles. The number of hydrogen-bond donors (Lipinski definition) is 0. The van der Waals surface area contributed by atoms with E-state index in [-0.39, 0.29) is 12.1 Å². The van der Waals surface area contributed by atoms with E-state index in [0.29, 0.717) is 6.61 Å². The van der Waals surface area contributed by atoms with Crippen LogP contribution >= 0.6 is 11.8 Å². The van der Waals surface area contributed by atoms with Gasteiger partial charge in [-0.2, -0.15) is 0 Å². The number of amides is 1. The van der Waals surface area contributed by atoms with Crippen molar-refractivity contribution in [1.29, 1.82) is 0 Å². The number of carbonyl (C=O) groups is 1. The quantitative estimate of drug-likeness (QED) is 0.515.